The van der Waals surface area contributed by atoms with E-state index in [1.165, 1.54) is 4.90 Å². The minimum absolute atomic E-state index is 0.0563. The molecule has 0 spiro atoms. The molecule has 1 amide bonds. The fraction of sp³-hybridized carbons (Fsp3) is 0.740. The summed E-state index contributed by atoms with van der Waals surface area (Å²) in [5.41, 5.74) is 1.42. The van der Waals surface area contributed by atoms with E-state index < -0.39 is 65.7 Å². The molecule has 2 bridgehead atoms. The third kappa shape index (κ3) is 14.1. The van der Waals surface area contributed by atoms with Gasteiger partial charge in [-0.3, -0.25) is 19.2 Å². The number of nitrogens with zero attached hydrogens (tertiary/aromatic N) is 1. The minimum Gasteiger partial charge on any atom is -0.460 e. The average molecular weight is 868 g/mol. The first-order chi connectivity index (χ1) is 29.4. The quantitative estimate of drug-likeness (QED) is 0.159. The van der Waals surface area contributed by atoms with Gasteiger partial charge in [0.15, 0.2) is 0 Å². The van der Waals surface area contributed by atoms with E-state index in [1.54, 1.807) is 41.1 Å². The molecule has 4 aliphatic rings. The van der Waals surface area contributed by atoms with Crippen LogP contribution in [0.4, 0.5) is 0 Å². The Kier molecular flexibility index (Phi) is 20.0. The van der Waals surface area contributed by atoms with Crippen molar-refractivity contribution in [3.05, 3.63) is 47.6 Å². The fourth-order valence-electron chi connectivity index (χ4n) is 9.78. The number of aliphatic hydroxyl groups excluding tert-OH is 1. The summed E-state index contributed by atoms with van der Waals surface area (Å²) < 4.78 is 23.9. The largest absolute Gasteiger partial charge is 0.460 e. The first kappa shape index (κ1) is 51.3. The highest BCUT2D eigenvalue weighted by Crippen LogP contribution is 2.37. The number of Topliss-reactive ketones (excluding diaryl/α,β-unsaturated/α-hetero) is 3. The van der Waals surface area contributed by atoms with E-state index in [-0.39, 0.29) is 61.2 Å². The lowest BCUT2D eigenvalue weighted by Crippen LogP contribution is -2.61. The van der Waals surface area contributed by atoms with Gasteiger partial charge in [-0.2, -0.15) is 0 Å². The number of hydrogen-bond donors (Lipinski definition) is 2. The maximum atomic E-state index is 14.3. The summed E-state index contributed by atoms with van der Waals surface area (Å²) in [6, 6.07) is -1.09. The number of methoxy groups -OCH3 is 2. The van der Waals surface area contributed by atoms with Crippen LogP contribution in [0.15, 0.2) is 47.6 Å². The van der Waals surface area contributed by atoms with Crippen LogP contribution in [0.5, 0.6) is 0 Å². The number of carbonyl (C=O) groups is 5. The third-order valence-corrected chi connectivity index (χ3v) is 14.1. The molecule has 1 saturated carbocycles. The van der Waals surface area contributed by atoms with Crippen molar-refractivity contribution < 1.29 is 53.1 Å². The summed E-state index contributed by atoms with van der Waals surface area (Å²) in [6.07, 6.45) is 16.5. The van der Waals surface area contributed by atoms with E-state index in [9.17, 15) is 34.2 Å². The van der Waals surface area contributed by atoms with Crippen molar-refractivity contribution in [2.24, 2.45) is 35.5 Å². The topological polar surface area (TPSA) is 166 Å². The van der Waals surface area contributed by atoms with Crippen LogP contribution in [-0.2, 0) is 42.9 Å². The van der Waals surface area contributed by atoms with Gasteiger partial charge < -0.3 is 34.1 Å². The Morgan fingerprint density at radius 2 is 1.58 bits per heavy atom. The molecule has 62 heavy (non-hydrogen) atoms. The molecule has 2 saturated heterocycles. The van der Waals surface area contributed by atoms with Crippen molar-refractivity contribution in [3.8, 4) is 0 Å². The van der Waals surface area contributed by atoms with E-state index in [4.69, 9.17) is 18.9 Å². The summed E-state index contributed by atoms with van der Waals surface area (Å²) in [6.45, 7) is 13.1. The molecular weight excluding hydrogens is 791 g/mol. The number of fused-ring (bicyclic) bond motifs is 3. The number of aliphatic hydroxyl groups is 2. The molecule has 12 nitrogen and oxygen atoms in total. The van der Waals surface area contributed by atoms with E-state index in [0.717, 1.165) is 31.3 Å². The molecular formula is C50H77NO11. The van der Waals surface area contributed by atoms with Gasteiger partial charge in [0.1, 0.15) is 23.7 Å². The van der Waals surface area contributed by atoms with Crippen LogP contribution in [0.3, 0.4) is 0 Å². The van der Waals surface area contributed by atoms with Gasteiger partial charge in [-0.25, -0.2) is 4.79 Å². The van der Waals surface area contributed by atoms with E-state index >= 15 is 0 Å². The summed E-state index contributed by atoms with van der Waals surface area (Å²) in [5, 5.41) is 23.0. The van der Waals surface area contributed by atoms with Crippen LogP contribution < -0.4 is 0 Å². The first-order valence-corrected chi connectivity index (χ1v) is 23.3. The minimum atomic E-state index is -2.40. The number of amides is 1. The average Bonchev–Trinajstić information content (AvgIpc) is 3.25. The predicted octanol–water partition coefficient (Wildman–Crippen LogP) is 7.58. The summed E-state index contributed by atoms with van der Waals surface area (Å²) in [5.74, 6) is -6.85. The van der Waals surface area contributed by atoms with E-state index in [1.807, 2.05) is 58.1 Å². The lowest BCUT2D eigenvalue weighted by atomic mass is 9.79. The van der Waals surface area contributed by atoms with Crippen LogP contribution in [0, 0.1) is 35.5 Å². The molecule has 0 radical (unpaired) electrons. The molecule has 1 unspecified atom stereocenters. The molecule has 3 fully saturated rings. The number of cyclic esters (lactones) is 1. The molecule has 348 valence electrons. The smallest absolute Gasteiger partial charge is 0.329 e. The van der Waals surface area contributed by atoms with Crippen LogP contribution >= 0.6 is 0 Å². The number of hydrogen-bond acceptors (Lipinski definition) is 11. The number of allylic oxidation sites excluding steroid dienone is 6. The lowest BCUT2D eigenvalue weighted by molar-refractivity contribution is -0.265. The Morgan fingerprint density at radius 1 is 0.839 bits per heavy atom. The van der Waals surface area contributed by atoms with Gasteiger partial charge >= 0.3 is 5.97 Å². The first-order valence-electron chi connectivity index (χ1n) is 23.3. The van der Waals surface area contributed by atoms with Gasteiger partial charge in [-0.05, 0) is 101 Å². The number of esters is 1. The molecule has 3 aliphatic heterocycles. The Morgan fingerprint density at radius 3 is 2.29 bits per heavy atom. The summed E-state index contributed by atoms with van der Waals surface area (Å²) >= 11 is 0. The number of piperidine rings is 1. The Labute approximate surface area is 370 Å². The van der Waals surface area contributed by atoms with Crippen LogP contribution in [-0.4, -0.2) is 107 Å². The number of ether oxygens (including phenoxy) is 4. The zero-order valence-electron chi connectivity index (χ0n) is 39.0. The molecule has 3 heterocycles. The molecule has 0 aromatic heterocycles. The molecule has 0 aromatic rings. The molecule has 1 aliphatic carbocycles. The summed E-state index contributed by atoms with van der Waals surface area (Å²) in [4.78, 5) is 71.1. The number of carbonyl (C=O) groups excluding carboxylic acids is 5. The van der Waals surface area contributed by atoms with Gasteiger partial charge in [0.05, 0.1) is 24.4 Å². The van der Waals surface area contributed by atoms with Crippen molar-refractivity contribution in [1.82, 2.24) is 4.90 Å². The fourth-order valence-corrected chi connectivity index (χ4v) is 9.78. The second-order valence-corrected chi connectivity index (χ2v) is 19.1. The van der Waals surface area contributed by atoms with Crippen molar-refractivity contribution in [1.29, 1.82) is 0 Å². The Bertz CT molecular complexity index is 1670. The Hall–Kier alpha value is -3.29. The molecule has 2 N–H and O–H groups in total. The van der Waals surface area contributed by atoms with Crippen molar-refractivity contribution >= 4 is 29.2 Å². The van der Waals surface area contributed by atoms with E-state index in [0.29, 0.717) is 56.4 Å². The van der Waals surface area contributed by atoms with Crippen molar-refractivity contribution in [3.63, 3.8) is 0 Å². The highest BCUT2D eigenvalue weighted by molar-refractivity contribution is 6.39. The van der Waals surface area contributed by atoms with Gasteiger partial charge in [0.25, 0.3) is 11.7 Å². The monoisotopic (exact) mass is 868 g/mol. The van der Waals surface area contributed by atoms with Gasteiger partial charge in [0.2, 0.25) is 5.79 Å². The third-order valence-electron chi connectivity index (χ3n) is 14.1. The van der Waals surface area contributed by atoms with Crippen molar-refractivity contribution in [2.45, 2.75) is 181 Å². The molecule has 4 rings (SSSR count). The SMILES string of the molecule is CO[C@H]1CCCC(C[C@@H](C)[C@@H]2CC(=O)[C@H](C)/C=C(\C)[C@@H](O)CC(=O)[C@H](C)C[C@H](C)/C=C/C=C/C=C(\C)[C@@H](OC)C[C@@H]3CC[C@@H](C)[C@@](O)(O3)C(=O)C(=O)N3CCCC[C@H]3C(=O)O2)C1. The highest BCUT2D eigenvalue weighted by atomic mass is 16.6. The zero-order valence-corrected chi connectivity index (χ0v) is 39.0. The molecule has 0 aromatic carbocycles. The lowest BCUT2D eigenvalue weighted by Gasteiger charge is -2.42. The zero-order chi connectivity index (χ0) is 45.7. The van der Waals surface area contributed by atoms with E-state index in [2.05, 4.69) is 0 Å². The highest BCUT2D eigenvalue weighted by Gasteiger charge is 2.53. The van der Waals surface area contributed by atoms with Crippen LogP contribution in [0.2, 0.25) is 0 Å². The maximum absolute atomic E-state index is 14.3. The second-order valence-electron chi connectivity index (χ2n) is 19.1. The second kappa shape index (κ2) is 24.1. The van der Waals surface area contributed by atoms with Gasteiger partial charge in [0, 0.05) is 57.8 Å². The normalized spacial score (nSPS) is 39.4. The van der Waals surface area contributed by atoms with Gasteiger partial charge in [-0.15, -0.1) is 0 Å². The summed E-state index contributed by atoms with van der Waals surface area (Å²) in [7, 11) is 3.31. The maximum Gasteiger partial charge on any atom is 0.329 e. The Balaban J connectivity index is 1.66. The van der Waals surface area contributed by atoms with Crippen LogP contribution in [0.1, 0.15) is 138 Å². The molecule has 13 atom stereocenters. The molecule has 12 heteroatoms. The number of rotatable bonds is 5. The number of ketones is 3. The standard InChI is InChI=1S/C50H77NO11/c1-31-16-11-10-12-17-32(2)45(60-9)28-40-22-21-37(7)50(58,62-40)47(55)48(56)51-23-14-13-20-41(51)49(57)61-46(36(6)26-38-18-15-19-39(27-38)59-8)30-44(54)35(5)25-34(4)43(53)29-42(52)33(3)24-31/h10-12,16-17,25,31,33,35-41,43,45-46,53,58H,13-15,18-24,26-30H2,1-9H3/b12-10+,16-11+,32-17+,34-25+/t31-,33-,35-,36-,37-,38?,39+,40+,41+,43+,45+,46+,50-/m1/s1. The van der Waals surface area contributed by atoms with Gasteiger partial charge in [-0.1, -0.05) is 83.9 Å². The van der Waals surface area contributed by atoms with Crippen molar-refractivity contribution in [2.75, 3.05) is 20.8 Å². The predicted molar refractivity (Wildman–Crippen MR) is 238 cm³/mol. The van der Waals surface area contributed by atoms with Crippen LogP contribution in [0.25, 0.3) is 0 Å².